The zero-order chi connectivity index (χ0) is 25.3. The first-order chi connectivity index (χ1) is 17.0. The van der Waals surface area contributed by atoms with Crippen molar-refractivity contribution in [3.63, 3.8) is 0 Å². The molecule has 6 aliphatic carbocycles. The fourth-order valence-electron chi connectivity index (χ4n) is 10.5. The number of rotatable bonds is 4. The molecular weight excluding hydrogens is 454 g/mol. The fraction of sp³-hybridized carbons (Fsp3) is 0.767. The predicted molar refractivity (Wildman–Crippen MR) is 133 cm³/mol. The topological polar surface area (TPSA) is 68.0 Å². The average Bonchev–Trinajstić information content (AvgIpc) is 3.73. The number of methoxy groups -OCH3 is 2. The van der Waals surface area contributed by atoms with Crippen LogP contribution in [0.4, 0.5) is 0 Å². The second-order valence-corrected chi connectivity index (χ2v) is 14.4. The van der Waals surface area contributed by atoms with E-state index in [9.17, 15) is 9.90 Å². The van der Waals surface area contributed by atoms with E-state index in [1.807, 2.05) is 20.1 Å². The Hall–Kier alpha value is -1.79. The Labute approximate surface area is 213 Å². The Morgan fingerprint density at radius 1 is 1.17 bits per heavy atom. The van der Waals surface area contributed by atoms with Crippen LogP contribution in [0, 0.1) is 22.7 Å². The van der Waals surface area contributed by atoms with E-state index in [1.54, 1.807) is 7.11 Å². The van der Waals surface area contributed by atoms with Gasteiger partial charge < -0.3 is 24.2 Å². The molecule has 5 saturated carbocycles. The minimum atomic E-state index is -0.965. The highest BCUT2D eigenvalue weighted by Gasteiger charge is 2.93. The first-order valence-electron chi connectivity index (χ1n) is 13.9. The zero-order valence-electron chi connectivity index (χ0n) is 22.4. The van der Waals surface area contributed by atoms with Crippen molar-refractivity contribution in [3.8, 4) is 11.5 Å². The highest BCUT2D eigenvalue weighted by atomic mass is 16.6. The number of aliphatic hydroxyl groups is 1. The molecule has 0 radical (unpaired) electrons. The van der Waals surface area contributed by atoms with E-state index >= 15 is 0 Å². The summed E-state index contributed by atoms with van der Waals surface area (Å²) in [7, 11) is 3.54. The molecule has 0 aromatic heterocycles. The third-order valence-electron chi connectivity index (χ3n) is 12.5. The van der Waals surface area contributed by atoms with E-state index in [2.05, 4.69) is 31.7 Å². The lowest BCUT2D eigenvalue weighted by Crippen LogP contribution is -2.78. The van der Waals surface area contributed by atoms with Gasteiger partial charge in [0.15, 0.2) is 11.5 Å². The number of benzene rings is 1. The standard InChI is InChI=1S/C30H39NO5/c1-25(2,3)26(4,33)19-14-27-11-12-30(19,35-6)24-29(27)15-28(23(27)31(28)22(32)16-7-8-16)13-17-9-10-18(34-5)21(36-24)20(17)29/h9-10,16,19,23-24,33H,7-8,11-15H2,1-6H3/t19?,23?,24?,26?,27?,28-,29+,30?,31?/m1/s1. The van der Waals surface area contributed by atoms with Crippen LogP contribution in [0.1, 0.15) is 77.3 Å². The van der Waals surface area contributed by atoms with E-state index in [1.165, 1.54) is 11.1 Å². The number of likely N-dealkylation sites (tertiary alicyclic amines) is 1. The number of piperidine rings is 1. The van der Waals surface area contributed by atoms with Crippen LogP contribution in [0.2, 0.25) is 0 Å². The van der Waals surface area contributed by atoms with Crippen LogP contribution < -0.4 is 9.47 Å². The SMILES string of the molecule is COc1ccc2c3c1OC1C4(OC)CCC5(CC4C(C)(O)C(C)(C)C)C4N(C(=O)C6CC6)[C@]4(C2)C[C@]315. The van der Waals surface area contributed by atoms with Gasteiger partial charge in [0.1, 0.15) is 11.7 Å². The number of fused-ring (bicyclic) bond motifs is 2. The number of carbonyl (C=O) groups is 1. The van der Waals surface area contributed by atoms with E-state index in [4.69, 9.17) is 14.2 Å². The van der Waals surface area contributed by atoms with Crippen LogP contribution in [-0.2, 0) is 21.4 Å². The fourth-order valence-corrected chi connectivity index (χ4v) is 10.5. The summed E-state index contributed by atoms with van der Waals surface area (Å²) in [6.07, 6.45) is 6.46. The van der Waals surface area contributed by atoms with Crippen LogP contribution in [0.5, 0.6) is 11.5 Å². The lowest BCUT2D eigenvalue weighted by Gasteiger charge is -2.69. The summed E-state index contributed by atoms with van der Waals surface area (Å²) in [5, 5.41) is 12.3. The maximum Gasteiger partial charge on any atom is 0.226 e. The smallest absolute Gasteiger partial charge is 0.226 e. The Kier molecular flexibility index (Phi) is 3.66. The molecule has 2 aliphatic heterocycles. The molecule has 8 atom stereocenters. The largest absolute Gasteiger partial charge is 0.493 e. The van der Waals surface area contributed by atoms with Gasteiger partial charge in [-0.05, 0) is 68.9 Å². The number of hydrogen-bond acceptors (Lipinski definition) is 5. The van der Waals surface area contributed by atoms with Crippen molar-refractivity contribution in [3.05, 3.63) is 23.3 Å². The van der Waals surface area contributed by atoms with Gasteiger partial charge in [0, 0.05) is 35.3 Å². The zero-order valence-corrected chi connectivity index (χ0v) is 22.4. The molecule has 6 fully saturated rings. The van der Waals surface area contributed by atoms with Crippen molar-refractivity contribution in [1.82, 2.24) is 4.90 Å². The summed E-state index contributed by atoms with van der Waals surface area (Å²) in [5.41, 5.74) is 0.324. The van der Waals surface area contributed by atoms with Gasteiger partial charge in [-0.15, -0.1) is 0 Å². The first-order valence-corrected chi connectivity index (χ1v) is 13.9. The lowest BCUT2D eigenvalue weighted by molar-refractivity contribution is -0.290. The van der Waals surface area contributed by atoms with E-state index in [0.29, 0.717) is 5.91 Å². The number of hydrogen-bond donors (Lipinski definition) is 1. The second-order valence-electron chi connectivity index (χ2n) is 14.4. The summed E-state index contributed by atoms with van der Waals surface area (Å²) in [5.74, 6) is 2.18. The van der Waals surface area contributed by atoms with E-state index in [-0.39, 0.29) is 45.8 Å². The Morgan fingerprint density at radius 2 is 1.92 bits per heavy atom. The Bertz CT molecular complexity index is 1230. The summed E-state index contributed by atoms with van der Waals surface area (Å²) in [4.78, 5) is 16.0. The number of amides is 1. The maximum atomic E-state index is 13.7. The molecule has 3 spiro atoms. The third-order valence-corrected chi connectivity index (χ3v) is 12.5. The van der Waals surface area contributed by atoms with Crippen LogP contribution in [0.25, 0.3) is 0 Å². The first kappa shape index (κ1) is 22.2. The van der Waals surface area contributed by atoms with Crippen molar-refractivity contribution in [2.24, 2.45) is 22.7 Å². The van der Waals surface area contributed by atoms with Crippen molar-refractivity contribution in [2.75, 3.05) is 14.2 Å². The van der Waals surface area contributed by atoms with Crippen molar-refractivity contribution in [1.29, 1.82) is 0 Å². The van der Waals surface area contributed by atoms with Gasteiger partial charge in [0.2, 0.25) is 5.91 Å². The quantitative estimate of drug-likeness (QED) is 0.643. The molecular formula is C30H39NO5. The third kappa shape index (κ3) is 1.97. The molecule has 36 heavy (non-hydrogen) atoms. The highest BCUT2D eigenvalue weighted by Crippen LogP contribution is 2.86. The van der Waals surface area contributed by atoms with Gasteiger partial charge in [0.05, 0.1) is 24.3 Å². The molecule has 2 heterocycles. The van der Waals surface area contributed by atoms with Gasteiger partial charge in [-0.25, -0.2) is 0 Å². The molecule has 1 N–H and O–H groups in total. The Morgan fingerprint density at radius 3 is 2.56 bits per heavy atom. The molecule has 6 nitrogen and oxygen atoms in total. The van der Waals surface area contributed by atoms with Crippen LogP contribution in [-0.4, -0.2) is 59.0 Å². The Balaban J connectivity index is 1.39. The van der Waals surface area contributed by atoms with Gasteiger partial charge >= 0.3 is 0 Å². The van der Waals surface area contributed by atoms with Gasteiger partial charge in [-0.3, -0.25) is 4.79 Å². The summed E-state index contributed by atoms with van der Waals surface area (Å²) in [6, 6.07) is 4.50. The minimum Gasteiger partial charge on any atom is -0.493 e. The highest BCUT2D eigenvalue weighted by molar-refractivity contribution is 5.87. The molecule has 8 aliphatic rings. The molecule has 1 amide bonds. The van der Waals surface area contributed by atoms with Crippen molar-refractivity contribution >= 4 is 5.91 Å². The van der Waals surface area contributed by atoms with Crippen LogP contribution in [0.15, 0.2) is 12.1 Å². The van der Waals surface area contributed by atoms with E-state index in [0.717, 1.165) is 56.4 Å². The maximum absolute atomic E-state index is 13.7. The van der Waals surface area contributed by atoms with Gasteiger partial charge in [0.25, 0.3) is 0 Å². The molecule has 1 saturated heterocycles. The van der Waals surface area contributed by atoms with Crippen LogP contribution >= 0.6 is 0 Å². The van der Waals surface area contributed by atoms with Crippen LogP contribution in [0.3, 0.4) is 0 Å². The molecule has 9 rings (SSSR count). The molecule has 194 valence electrons. The molecule has 1 aromatic carbocycles. The number of carbonyl (C=O) groups excluding carboxylic acids is 1. The van der Waals surface area contributed by atoms with Gasteiger partial charge in [-0.1, -0.05) is 26.8 Å². The molecule has 4 bridgehead atoms. The van der Waals surface area contributed by atoms with Crippen molar-refractivity contribution < 1.29 is 24.1 Å². The number of nitrogens with zero attached hydrogens (tertiary/aromatic N) is 1. The average molecular weight is 494 g/mol. The number of ether oxygens (including phenoxy) is 3. The molecule has 6 heteroatoms. The van der Waals surface area contributed by atoms with E-state index < -0.39 is 11.2 Å². The monoisotopic (exact) mass is 493 g/mol. The lowest BCUT2D eigenvalue weighted by atomic mass is 9.38. The predicted octanol–water partition coefficient (Wildman–Crippen LogP) is 4.00. The summed E-state index contributed by atoms with van der Waals surface area (Å²) in [6.45, 7) is 8.40. The minimum absolute atomic E-state index is 0.0991. The van der Waals surface area contributed by atoms with Crippen molar-refractivity contribution in [2.45, 2.75) is 107 Å². The van der Waals surface area contributed by atoms with Gasteiger partial charge in [-0.2, -0.15) is 0 Å². The summed E-state index contributed by atoms with van der Waals surface area (Å²) < 4.78 is 19.5. The normalized spacial score (nSPS) is 46.1. The second kappa shape index (κ2) is 5.93. The molecule has 6 unspecified atom stereocenters. The summed E-state index contributed by atoms with van der Waals surface area (Å²) >= 11 is 0. The molecule has 1 aromatic rings.